The second-order valence-corrected chi connectivity index (χ2v) is 6.43. The molecule has 1 N–H and O–H groups in total. The summed E-state index contributed by atoms with van der Waals surface area (Å²) in [6.07, 6.45) is 0. The van der Waals surface area contributed by atoms with Crippen LogP contribution in [0.25, 0.3) is 11.0 Å². The first-order chi connectivity index (χ1) is 13.5. The van der Waals surface area contributed by atoms with Gasteiger partial charge in [-0.05, 0) is 43.3 Å². The van der Waals surface area contributed by atoms with Gasteiger partial charge in [0.05, 0.1) is 0 Å². The number of aryl methyl sites for hydroxylation is 1. The van der Waals surface area contributed by atoms with Crippen molar-refractivity contribution in [2.75, 3.05) is 5.32 Å². The highest BCUT2D eigenvalue weighted by atomic mass is 19.1. The number of halogens is 1. The van der Waals surface area contributed by atoms with E-state index in [1.807, 2.05) is 6.07 Å². The normalized spacial score (nSPS) is 10.8. The molecule has 138 valence electrons. The first kappa shape index (κ1) is 17.7. The summed E-state index contributed by atoms with van der Waals surface area (Å²) in [5.41, 5.74) is 2.56. The summed E-state index contributed by atoms with van der Waals surface area (Å²) in [6.45, 7) is 1.81. The Morgan fingerprint density at radius 3 is 2.39 bits per heavy atom. The third-order valence-electron chi connectivity index (χ3n) is 4.52. The summed E-state index contributed by atoms with van der Waals surface area (Å²) in [5, 5.41) is 3.48. The Hall–Kier alpha value is -3.73. The average Bonchev–Trinajstić information content (AvgIpc) is 3.04. The van der Waals surface area contributed by atoms with E-state index in [9.17, 15) is 14.0 Å². The van der Waals surface area contributed by atoms with Gasteiger partial charge in [-0.1, -0.05) is 36.4 Å². The van der Waals surface area contributed by atoms with Gasteiger partial charge in [-0.2, -0.15) is 0 Å². The number of nitrogens with one attached hydrogen (secondary N) is 1. The van der Waals surface area contributed by atoms with Crippen molar-refractivity contribution in [1.29, 1.82) is 0 Å². The largest absolute Gasteiger partial charge is 0.452 e. The van der Waals surface area contributed by atoms with Crippen LogP contribution in [0.3, 0.4) is 0 Å². The van der Waals surface area contributed by atoms with Crippen LogP contribution in [0.15, 0.2) is 77.2 Å². The Balaban J connectivity index is 1.65. The summed E-state index contributed by atoms with van der Waals surface area (Å²) in [5.74, 6) is -0.812. The van der Waals surface area contributed by atoms with Crippen molar-refractivity contribution in [3.63, 3.8) is 0 Å². The number of anilines is 1. The van der Waals surface area contributed by atoms with Gasteiger partial charge in [0.1, 0.15) is 11.4 Å². The Kier molecular flexibility index (Phi) is 4.49. The molecule has 0 unspecified atom stereocenters. The summed E-state index contributed by atoms with van der Waals surface area (Å²) >= 11 is 0. The number of furan rings is 1. The molecule has 4 aromatic rings. The van der Waals surface area contributed by atoms with Gasteiger partial charge in [-0.25, -0.2) is 4.39 Å². The summed E-state index contributed by atoms with van der Waals surface area (Å²) in [4.78, 5) is 25.0. The maximum atomic E-state index is 13.3. The SMILES string of the molecule is Cc1c(C(=O)c2ccccc2)oc2ccc(NC(=O)c3cccc(F)c3)cc12. The van der Waals surface area contributed by atoms with Crippen molar-refractivity contribution >= 4 is 28.3 Å². The van der Waals surface area contributed by atoms with Gasteiger partial charge in [0.2, 0.25) is 5.78 Å². The molecule has 4 nitrogen and oxygen atoms in total. The van der Waals surface area contributed by atoms with Crippen LogP contribution in [0, 0.1) is 12.7 Å². The average molecular weight is 373 g/mol. The molecular weight excluding hydrogens is 357 g/mol. The minimum absolute atomic E-state index is 0.195. The zero-order valence-corrected chi connectivity index (χ0v) is 15.0. The lowest BCUT2D eigenvalue weighted by Gasteiger charge is -2.05. The van der Waals surface area contributed by atoms with E-state index in [2.05, 4.69) is 5.32 Å². The number of fused-ring (bicyclic) bond motifs is 1. The predicted octanol–water partition coefficient (Wildman–Crippen LogP) is 5.36. The summed E-state index contributed by atoms with van der Waals surface area (Å²) < 4.78 is 19.1. The first-order valence-corrected chi connectivity index (χ1v) is 8.73. The van der Waals surface area contributed by atoms with E-state index >= 15 is 0 Å². The molecule has 3 aromatic carbocycles. The molecule has 28 heavy (non-hydrogen) atoms. The number of hydrogen-bond donors (Lipinski definition) is 1. The van der Waals surface area contributed by atoms with Crippen LogP contribution < -0.4 is 5.32 Å². The number of rotatable bonds is 4. The minimum atomic E-state index is -0.474. The molecule has 1 heterocycles. The third-order valence-corrected chi connectivity index (χ3v) is 4.52. The molecule has 1 aromatic heterocycles. The number of carbonyl (C=O) groups is 2. The zero-order valence-electron chi connectivity index (χ0n) is 15.0. The maximum Gasteiger partial charge on any atom is 0.255 e. The Bertz CT molecular complexity index is 1200. The molecule has 4 rings (SSSR count). The molecule has 0 atom stereocenters. The molecule has 0 spiro atoms. The highest BCUT2D eigenvalue weighted by Crippen LogP contribution is 2.29. The highest BCUT2D eigenvalue weighted by Gasteiger charge is 2.19. The van der Waals surface area contributed by atoms with Crippen molar-refractivity contribution in [2.45, 2.75) is 6.92 Å². The molecule has 0 bridgehead atoms. The molecule has 0 aliphatic rings. The number of ketones is 1. The van der Waals surface area contributed by atoms with Crippen molar-refractivity contribution in [3.8, 4) is 0 Å². The third kappa shape index (κ3) is 3.30. The molecule has 1 amide bonds. The van der Waals surface area contributed by atoms with Crippen LogP contribution in [-0.4, -0.2) is 11.7 Å². The van der Waals surface area contributed by atoms with Crippen LogP contribution in [-0.2, 0) is 0 Å². The molecule has 5 heteroatoms. The predicted molar refractivity (Wildman–Crippen MR) is 105 cm³/mol. The highest BCUT2D eigenvalue weighted by molar-refractivity contribution is 6.11. The lowest BCUT2D eigenvalue weighted by molar-refractivity contribution is 0.101. The monoisotopic (exact) mass is 373 g/mol. The van der Waals surface area contributed by atoms with Gasteiger partial charge in [-0.3, -0.25) is 9.59 Å². The number of benzene rings is 3. The van der Waals surface area contributed by atoms with Crippen LogP contribution in [0.2, 0.25) is 0 Å². The van der Waals surface area contributed by atoms with Crippen molar-refractivity contribution < 1.29 is 18.4 Å². The van der Waals surface area contributed by atoms with E-state index in [4.69, 9.17) is 4.42 Å². The molecule has 0 aliphatic carbocycles. The van der Waals surface area contributed by atoms with Gasteiger partial charge >= 0.3 is 0 Å². The van der Waals surface area contributed by atoms with Crippen LogP contribution in [0.4, 0.5) is 10.1 Å². The number of amides is 1. The van der Waals surface area contributed by atoms with Crippen molar-refractivity contribution in [2.24, 2.45) is 0 Å². The van der Waals surface area contributed by atoms with Crippen LogP contribution in [0.1, 0.15) is 32.0 Å². The quantitative estimate of drug-likeness (QED) is 0.490. The van der Waals surface area contributed by atoms with Crippen LogP contribution >= 0.6 is 0 Å². The smallest absolute Gasteiger partial charge is 0.255 e. The molecule has 0 saturated carbocycles. The second-order valence-electron chi connectivity index (χ2n) is 6.43. The van der Waals surface area contributed by atoms with Crippen LogP contribution in [0.5, 0.6) is 0 Å². The van der Waals surface area contributed by atoms with Crippen molar-refractivity contribution in [3.05, 3.63) is 101 Å². The summed E-state index contributed by atoms with van der Waals surface area (Å²) in [7, 11) is 0. The van der Waals surface area contributed by atoms with Gasteiger partial charge in [-0.15, -0.1) is 0 Å². The standard InChI is InChI=1S/C23H16FNO3/c1-14-19-13-18(25-23(27)16-8-5-9-17(24)12-16)10-11-20(19)28-22(14)21(26)15-6-3-2-4-7-15/h2-13H,1H3,(H,25,27). The van der Waals surface area contributed by atoms with E-state index in [1.54, 1.807) is 49.4 Å². The molecular formula is C23H16FNO3. The van der Waals surface area contributed by atoms with E-state index in [0.717, 1.165) is 5.39 Å². The van der Waals surface area contributed by atoms with E-state index in [-0.39, 0.29) is 17.1 Å². The van der Waals surface area contributed by atoms with E-state index < -0.39 is 11.7 Å². The second kappa shape index (κ2) is 7.12. The molecule has 0 radical (unpaired) electrons. The molecule has 0 aliphatic heterocycles. The molecule has 0 saturated heterocycles. The first-order valence-electron chi connectivity index (χ1n) is 8.73. The fourth-order valence-corrected chi connectivity index (χ4v) is 3.07. The number of carbonyl (C=O) groups excluding carboxylic acids is 2. The fourth-order valence-electron chi connectivity index (χ4n) is 3.07. The van der Waals surface area contributed by atoms with Crippen molar-refractivity contribution in [1.82, 2.24) is 0 Å². The topological polar surface area (TPSA) is 59.3 Å². The lowest BCUT2D eigenvalue weighted by atomic mass is 10.0. The Morgan fingerprint density at radius 2 is 1.64 bits per heavy atom. The Labute approximate surface area is 160 Å². The fraction of sp³-hybridized carbons (Fsp3) is 0.0435. The van der Waals surface area contributed by atoms with Gasteiger partial charge < -0.3 is 9.73 Å². The van der Waals surface area contributed by atoms with E-state index in [0.29, 0.717) is 22.4 Å². The maximum absolute atomic E-state index is 13.3. The zero-order chi connectivity index (χ0) is 19.7. The number of hydrogen-bond acceptors (Lipinski definition) is 3. The lowest BCUT2D eigenvalue weighted by Crippen LogP contribution is -2.11. The van der Waals surface area contributed by atoms with Gasteiger partial charge in [0.15, 0.2) is 5.76 Å². The van der Waals surface area contributed by atoms with Gasteiger partial charge in [0.25, 0.3) is 5.91 Å². The summed E-state index contributed by atoms with van der Waals surface area (Å²) in [6, 6.07) is 19.5. The van der Waals surface area contributed by atoms with Gasteiger partial charge in [0, 0.05) is 27.8 Å². The Morgan fingerprint density at radius 1 is 0.893 bits per heavy atom. The van der Waals surface area contributed by atoms with E-state index in [1.165, 1.54) is 24.3 Å². The molecule has 0 fully saturated rings. The minimum Gasteiger partial charge on any atom is -0.452 e.